The molecule has 4 heteroatoms. The number of likely N-dealkylation sites (N-methyl/N-ethyl adjacent to an activating group) is 1. The van der Waals surface area contributed by atoms with Crippen molar-refractivity contribution in [3.63, 3.8) is 0 Å². The molecule has 1 aliphatic heterocycles. The highest BCUT2D eigenvalue weighted by atomic mass is 16.5. The fraction of sp³-hybridized carbons (Fsp3) is 0.917. The van der Waals surface area contributed by atoms with Crippen molar-refractivity contribution in [2.75, 3.05) is 26.7 Å². The van der Waals surface area contributed by atoms with Crippen LogP contribution in [0.2, 0.25) is 0 Å². The molecule has 1 fully saturated rings. The first-order valence-electron chi connectivity index (χ1n) is 6.30. The number of piperidine rings is 1. The van der Waals surface area contributed by atoms with E-state index in [1.165, 1.54) is 6.42 Å². The second-order valence-electron chi connectivity index (χ2n) is 4.30. The van der Waals surface area contributed by atoms with Crippen molar-refractivity contribution in [1.29, 1.82) is 0 Å². The first-order valence-corrected chi connectivity index (χ1v) is 6.30. The Labute approximate surface area is 98.3 Å². The normalized spacial score (nSPS) is 24.1. The number of nitrogens with zero attached hydrogens (tertiary/aromatic N) is 1. The molecule has 94 valence electrons. The van der Waals surface area contributed by atoms with E-state index in [1.54, 1.807) is 0 Å². The highest BCUT2D eigenvalue weighted by Crippen LogP contribution is 2.15. The molecular formula is C12H24N2O2. The Morgan fingerprint density at radius 2 is 2.31 bits per heavy atom. The van der Waals surface area contributed by atoms with E-state index in [-0.39, 0.29) is 12.0 Å². The third-order valence-electron chi connectivity index (χ3n) is 3.25. The van der Waals surface area contributed by atoms with Crippen LogP contribution in [0.25, 0.3) is 0 Å². The lowest BCUT2D eigenvalue weighted by Gasteiger charge is -2.36. The number of hydrogen-bond acceptors (Lipinski definition) is 4. The number of carbonyl (C=O) groups excluding carboxylic acids is 1. The summed E-state index contributed by atoms with van der Waals surface area (Å²) in [6.07, 6.45) is 3.18. The number of esters is 1. The lowest BCUT2D eigenvalue weighted by atomic mass is 10.0. The second-order valence-corrected chi connectivity index (χ2v) is 4.30. The van der Waals surface area contributed by atoms with E-state index in [2.05, 4.69) is 10.2 Å². The fourth-order valence-electron chi connectivity index (χ4n) is 2.34. The predicted octanol–water partition coefficient (Wildman–Crippen LogP) is 1.01. The van der Waals surface area contributed by atoms with E-state index in [1.807, 2.05) is 20.9 Å². The summed E-state index contributed by atoms with van der Waals surface area (Å²) in [7, 11) is 1.99. The maximum Gasteiger partial charge on any atom is 0.323 e. The van der Waals surface area contributed by atoms with Crippen LogP contribution in [0.15, 0.2) is 0 Å². The third-order valence-corrected chi connectivity index (χ3v) is 3.25. The van der Waals surface area contributed by atoms with E-state index in [0.29, 0.717) is 12.6 Å². The molecule has 0 amide bonds. The third kappa shape index (κ3) is 3.46. The van der Waals surface area contributed by atoms with Gasteiger partial charge in [-0.25, -0.2) is 0 Å². The second kappa shape index (κ2) is 6.86. The smallest absolute Gasteiger partial charge is 0.323 e. The van der Waals surface area contributed by atoms with Gasteiger partial charge in [-0.15, -0.1) is 0 Å². The number of hydrogen-bond donors (Lipinski definition) is 1. The zero-order valence-electron chi connectivity index (χ0n) is 10.7. The van der Waals surface area contributed by atoms with Gasteiger partial charge in [-0.05, 0) is 39.8 Å². The van der Waals surface area contributed by atoms with Crippen molar-refractivity contribution in [2.45, 2.75) is 45.2 Å². The minimum Gasteiger partial charge on any atom is -0.465 e. The molecule has 1 heterocycles. The molecule has 0 spiro atoms. The van der Waals surface area contributed by atoms with Gasteiger partial charge in [0, 0.05) is 12.6 Å². The molecule has 16 heavy (non-hydrogen) atoms. The molecule has 1 rings (SSSR count). The highest BCUT2D eigenvalue weighted by molar-refractivity contribution is 5.75. The van der Waals surface area contributed by atoms with Gasteiger partial charge in [-0.2, -0.15) is 0 Å². The molecule has 0 aromatic rings. The van der Waals surface area contributed by atoms with Crippen molar-refractivity contribution in [3.05, 3.63) is 0 Å². The maximum absolute atomic E-state index is 11.8. The summed E-state index contributed by atoms with van der Waals surface area (Å²) in [5, 5.41) is 3.29. The largest absolute Gasteiger partial charge is 0.465 e. The van der Waals surface area contributed by atoms with Crippen LogP contribution in [0.3, 0.4) is 0 Å². The van der Waals surface area contributed by atoms with Crippen molar-refractivity contribution in [3.8, 4) is 0 Å². The van der Waals surface area contributed by atoms with Gasteiger partial charge in [0.25, 0.3) is 0 Å². The summed E-state index contributed by atoms with van der Waals surface area (Å²) >= 11 is 0. The molecule has 2 unspecified atom stereocenters. The van der Waals surface area contributed by atoms with Gasteiger partial charge in [0.15, 0.2) is 0 Å². The van der Waals surface area contributed by atoms with Gasteiger partial charge in [0.2, 0.25) is 0 Å². The Hall–Kier alpha value is -0.610. The number of carbonyl (C=O) groups is 1. The molecular weight excluding hydrogens is 204 g/mol. The van der Waals surface area contributed by atoms with Gasteiger partial charge < -0.3 is 10.1 Å². The van der Waals surface area contributed by atoms with E-state index in [4.69, 9.17) is 4.74 Å². The molecule has 4 nitrogen and oxygen atoms in total. The van der Waals surface area contributed by atoms with Gasteiger partial charge in [-0.1, -0.05) is 6.92 Å². The van der Waals surface area contributed by atoms with Gasteiger partial charge in [0.05, 0.1) is 6.61 Å². The number of nitrogens with one attached hydrogen (secondary N) is 1. The predicted molar refractivity (Wildman–Crippen MR) is 64.4 cm³/mol. The SMILES string of the molecule is CCOC(=O)C(CC)N1CCCC(NC)C1. The lowest BCUT2D eigenvalue weighted by molar-refractivity contribution is -0.150. The van der Waals surface area contributed by atoms with Crippen molar-refractivity contribution in [2.24, 2.45) is 0 Å². The van der Waals surface area contributed by atoms with E-state index in [9.17, 15) is 4.79 Å². The number of likely N-dealkylation sites (tertiary alicyclic amines) is 1. The molecule has 2 atom stereocenters. The standard InChI is InChI=1S/C12H24N2O2/c1-4-11(12(15)16-5-2)14-8-6-7-10(9-14)13-3/h10-11,13H,4-9H2,1-3H3. The topological polar surface area (TPSA) is 41.6 Å². The fourth-order valence-corrected chi connectivity index (χ4v) is 2.34. The molecule has 1 aliphatic rings. The lowest BCUT2D eigenvalue weighted by Crippen LogP contribution is -2.51. The summed E-state index contributed by atoms with van der Waals surface area (Å²) in [6, 6.07) is 0.452. The summed E-state index contributed by atoms with van der Waals surface area (Å²) in [6.45, 7) is 6.34. The number of rotatable bonds is 5. The Morgan fingerprint density at radius 1 is 1.56 bits per heavy atom. The molecule has 0 saturated carbocycles. The first-order chi connectivity index (χ1) is 7.72. The van der Waals surface area contributed by atoms with Crippen LogP contribution < -0.4 is 5.32 Å². The molecule has 1 N–H and O–H groups in total. The zero-order valence-corrected chi connectivity index (χ0v) is 10.7. The average molecular weight is 228 g/mol. The Bertz CT molecular complexity index is 221. The molecule has 0 aliphatic carbocycles. The van der Waals surface area contributed by atoms with Crippen LogP contribution in [0.1, 0.15) is 33.1 Å². The summed E-state index contributed by atoms with van der Waals surface area (Å²) in [5.41, 5.74) is 0. The Balaban J connectivity index is 2.54. The summed E-state index contributed by atoms with van der Waals surface area (Å²) in [5.74, 6) is -0.0678. The van der Waals surface area contributed by atoms with Gasteiger partial charge in [0.1, 0.15) is 6.04 Å². The summed E-state index contributed by atoms with van der Waals surface area (Å²) in [4.78, 5) is 14.0. The van der Waals surface area contributed by atoms with Crippen molar-refractivity contribution < 1.29 is 9.53 Å². The van der Waals surface area contributed by atoms with Crippen LogP contribution in [0.5, 0.6) is 0 Å². The number of ether oxygens (including phenoxy) is 1. The van der Waals surface area contributed by atoms with Crippen LogP contribution in [-0.2, 0) is 9.53 Å². The van der Waals surface area contributed by atoms with Crippen molar-refractivity contribution in [1.82, 2.24) is 10.2 Å². The Kier molecular flexibility index (Phi) is 5.77. The van der Waals surface area contributed by atoms with Crippen LogP contribution >= 0.6 is 0 Å². The Morgan fingerprint density at radius 3 is 2.88 bits per heavy atom. The molecule has 0 aromatic carbocycles. The molecule has 0 bridgehead atoms. The minimum atomic E-state index is -0.0678. The van der Waals surface area contributed by atoms with E-state index >= 15 is 0 Å². The highest BCUT2D eigenvalue weighted by Gasteiger charge is 2.29. The average Bonchev–Trinajstić information content (AvgIpc) is 2.31. The van der Waals surface area contributed by atoms with Crippen LogP contribution in [0.4, 0.5) is 0 Å². The maximum atomic E-state index is 11.8. The van der Waals surface area contributed by atoms with Crippen molar-refractivity contribution >= 4 is 5.97 Å². The van der Waals surface area contributed by atoms with E-state index in [0.717, 1.165) is 25.9 Å². The molecule has 1 saturated heterocycles. The minimum absolute atomic E-state index is 0.0592. The van der Waals surface area contributed by atoms with Crippen LogP contribution in [0, 0.1) is 0 Å². The zero-order chi connectivity index (χ0) is 12.0. The van der Waals surface area contributed by atoms with Crippen LogP contribution in [-0.4, -0.2) is 49.7 Å². The monoisotopic (exact) mass is 228 g/mol. The quantitative estimate of drug-likeness (QED) is 0.713. The van der Waals surface area contributed by atoms with Gasteiger partial charge >= 0.3 is 5.97 Å². The van der Waals surface area contributed by atoms with Gasteiger partial charge in [-0.3, -0.25) is 9.69 Å². The first kappa shape index (κ1) is 13.5. The molecule has 0 radical (unpaired) electrons. The molecule has 0 aromatic heterocycles. The summed E-state index contributed by atoms with van der Waals surface area (Å²) < 4.78 is 5.12. The van der Waals surface area contributed by atoms with E-state index < -0.39 is 0 Å².